The van der Waals surface area contributed by atoms with Gasteiger partial charge in [0, 0.05) is 12.3 Å². The standard InChI is InChI=1S/C25H41NO2/c1-5-6-11-19(2)24(27)14-13-22-23-17-20(16-21(23)18-25(22)28)12-9-7-8-10-15-26(3)4/h12-14,19,21-25,27-28H,7-11,15-18H2,1-4H3/t19-,21-,22+,23-,24+,25+/m0/s1. The normalized spacial score (nSPS) is 30.6. The van der Waals surface area contributed by atoms with Gasteiger partial charge < -0.3 is 15.1 Å². The minimum Gasteiger partial charge on any atom is -0.392 e. The molecular weight excluding hydrogens is 346 g/mol. The van der Waals surface area contributed by atoms with E-state index in [0.29, 0.717) is 18.3 Å². The average molecular weight is 388 g/mol. The first-order valence-electron chi connectivity index (χ1n) is 11.2. The molecule has 2 rings (SSSR count). The van der Waals surface area contributed by atoms with Crippen molar-refractivity contribution in [2.24, 2.45) is 23.7 Å². The molecule has 0 aliphatic heterocycles. The van der Waals surface area contributed by atoms with Crippen molar-refractivity contribution in [3.05, 3.63) is 23.8 Å². The molecule has 3 heteroatoms. The van der Waals surface area contributed by atoms with E-state index < -0.39 is 6.10 Å². The van der Waals surface area contributed by atoms with Crippen molar-refractivity contribution in [1.82, 2.24) is 4.90 Å². The third-order valence-corrected chi connectivity index (χ3v) is 6.57. The van der Waals surface area contributed by atoms with Crippen LogP contribution in [0.3, 0.4) is 0 Å². The Morgan fingerprint density at radius 3 is 2.71 bits per heavy atom. The number of hydrogen-bond donors (Lipinski definition) is 2. The van der Waals surface area contributed by atoms with E-state index in [-0.39, 0.29) is 17.9 Å². The van der Waals surface area contributed by atoms with Gasteiger partial charge in [-0.1, -0.05) is 37.1 Å². The summed E-state index contributed by atoms with van der Waals surface area (Å²) in [5, 5.41) is 20.9. The molecule has 2 N–H and O–H groups in total. The first-order valence-corrected chi connectivity index (χ1v) is 11.2. The summed E-state index contributed by atoms with van der Waals surface area (Å²) >= 11 is 0. The first kappa shape index (κ1) is 23.2. The maximum Gasteiger partial charge on any atom is 0.0755 e. The highest BCUT2D eigenvalue weighted by Crippen LogP contribution is 2.50. The van der Waals surface area contributed by atoms with Crippen molar-refractivity contribution in [2.75, 3.05) is 20.6 Å². The van der Waals surface area contributed by atoms with Gasteiger partial charge in [0.2, 0.25) is 0 Å². The van der Waals surface area contributed by atoms with Gasteiger partial charge in [-0.2, -0.15) is 0 Å². The SMILES string of the molecule is CC#CC[C@H](C)[C@H](O)C=C[C@@H]1[C@H]2CC(=CCCCCCN(C)C)C[C@H]2C[C@H]1O. The van der Waals surface area contributed by atoms with Crippen LogP contribution in [0, 0.1) is 35.5 Å². The molecule has 2 aliphatic rings. The first-order chi connectivity index (χ1) is 13.4. The van der Waals surface area contributed by atoms with Crippen molar-refractivity contribution < 1.29 is 10.2 Å². The van der Waals surface area contributed by atoms with Gasteiger partial charge in [-0.3, -0.25) is 0 Å². The highest BCUT2D eigenvalue weighted by Gasteiger charge is 2.44. The van der Waals surface area contributed by atoms with E-state index in [2.05, 4.69) is 43.0 Å². The molecule has 0 aromatic heterocycles. The fourth-order valence-electron chi connectivity index (χ4n) is 4.81. The van der Waals surface area contributed by atoms with E-state index in [1.165, 1.54) is 32.2 Å². The molecule has 28 heavy (non-hydrogen) atoms. The van der Waals surface area contributed by atoms with Crippen molar-refractivity contribution in [3.8, 4) is 11.8 Å². The second kappa shape index (κ2) is 11.8. The van der Waals surface area contributed by atoms with Crippen molar-refractivity contribution in [3.63, 3.8) is 0 Å². The third kappa shape index (κ3) is 7.07. The number of aliphatic hydroxyl groups is 2. The molecule has 0 radical (unpaired) electrons. The summed E-state index contributed by atoms with van der Waals surface area (Å²) in [6.07, 6.45) is 14.7. The van der Waals surface area contributed by atoms with Gasteiger partial charge in [-0.05, 0) is 83.8 Å². The summed E-state index contributed by atoms with van der Waals surface area (Å²) in [6, 6.07) is 0. The highest BCUT2D eigenvalue weighted by atomic mass is 16.3. The molecule has 0 aromatic rings. The molecule has 0 bridgehead atoms. The number of nitrogens with zero attached hydrogens (tertiary/aromatic N) is 1. The molecule has 0 unspecified atom stereocenters. The van der Waals surface area contributed by atoms with Crippen LogP contribution in [-0.4, -0.2) is 48.0 Å². The fraction of sp³-hybridized carbons (Fsp3) is 0.760. The van der Waals surface area contributed by atoms with Crippen LogP contribution in [0.2, 0.25) is 0 Å². The maximum atomic E-state index is 10.5. The van der Waals surface area contributed by atoms with Gasteiger partial charge in [0.05, 0.1) is 12.2 Å². The van der Waals surface area contributed by atoms with Crippen molar-refractivity contribution in [1.29, 1.82) is 0 Å². The van der Waals surface area contributed by atoms with Crippen LogP contribution in [0.15, 0.2) is 23.8 Å². The summed E-state index contributed by atoms with van der Waals surface area (Å²) in [4.78, 5) is 2.25. The lowest BCUT2D eigenvalue weighted by Gasteiger charge is -2.19. The zero-order chi connectivity index (χ0) is 20.5. The Morgan fingerprint density at radius 1 is 1.21 bits per heavy atom. The zero-order valence-corrected chi connectivity index (χ0v) is 18.4. The molecular formula is C25H41NO2. The predicted molar refractivity (Wildman–Crippen MR) is 118 cm³/mol. The van der Waals surface area contributed by atoms with Gasteiger partial charge in [0.1, 0.15) is 0 Å². The quantitative estimate of drug-likeness (QED) is 0.331. The Bertz CT molecular complexity index is 583. The molecule has 0 amide bonds. The van der Waals surface area contributed by atoms with Gasteiger partial charge >= 0.3 is 0 Å². The molecule has 3 nitrogen and oxygen atoms in total. The highest BCUT2D eigenvalue weighted by molar-refractivity contribution is 5.18. The molecule has 0 saturated heterocycles. The monoisotopic (exact) mass is 387 g/mol. The molecule has 158 valence electrons. The second-order valence-electron chi connectivity index (χ2n) is 9.21. The molecule has 0 aromatic carbocycles. The number of hydrogen-bond acceptors (Lipinski definition) is 3. The number of allylic oxidation sites excluding steroid dienone is 2. The summed E-state index contributed by atoms with van der Waals surface area (Å²) < 4.78 is 0. The number of rotatable bonds is 10. The summed E-state index contributed by atoms with van der Waals surface area (Å²) in [7, 11) is 4.27. The average Bonchev–Trinajstić information content (AvgIpc) is 3.16. The lowest BCUT2D eigenvalue weighted by molar-refractivity contribution is 0.137. The Morgan fingerprint density at radius 2 is 2.00 bits per heavy atom. The lowest BCUT2D eigenvalue weighted by atomic mass is 9.89. The van der Waals surface area contributed by atoms with Crippen LogP contribution in [0.25, 0.3) is 0 Å². The molecule has 0 spiro atoms. The van der Waals surface area contributed by atoms with E-state index in [4.69, 9.17) is 0 Å². The second-order valence-corrected chi connectivity index (χ2v) is 9.21. The van der Waals surface area contributed by atoms with Gasteiger partial charge in [-0.25, -0.2) is 0 Å². The van der Waals surface area contributed by atoms with Crippen LogP contribution in [-0.2, 0) is 0 Å². The van der Waals surface area contributed by atoms with E-state index >= 15 is 0 Å². The van der Waals surface area contributed by atoms with E-state index in [0.717, 1.165) is 19.3 Å². The minimum absolute atomic E-state index is 0.129. The maximum absolute atomic E-state index is 10.5. The van der Waals surface area contributed by atoms with Crippen LogP contribution in [0.4, 0.5) is 0 Å². The van der Waals surface area contributed by atoms with E-state index in [1.54, 1.807) is 5.57 Å². The molecule has 0 heterocycles. The Hall–Kier alpha value is -1.08. The van der Waals surface area contributed by atoms with Crippen molar-refractivity contribution in [2.45, 2.75) is 77.4 Å². The smallest absolute Gasteiger partial charge is 0.0755 e. The molecule has 6 atom stereocenters. The van der Waals surface area contributed by atoms with Crippen molar-refractivity contribution >= 4 is 0 Å². The van der Waals surface area contributed by atoms with Crippen LogP contribution < -0.4 is 0 Å². The molecule has 2 fully saturated rings. The molecule has 2 aliphatic carbocycles. The number of fused-ring (bicyclic) bond motifs is 1. The summed E-state index contributed by atoms with van der Waals surface area (Å²) in [5.74, 6) is 7.42. The Balaban J connectivity index is 1.81. The minimum atomic E-state index is -0.481. The molecule has 2 saturated carbocycles. The van der Waals surface area contributed by atoms with Gasteiger partial charge in [0.15, 0.2) is 0 Å². The van der Waals surface area contributed by atoms with Crippen LogP contribution in [0.1, 0.15) is 65.2 Å². The predicted octanol–water partition coefficient (Wildman–Crippen LogP) is 4.41. The topological polar surface area (TPSA) is 43.7 Å². The van der Waals surface area contributed by atoms with E-state index in [1.807, 2.05) is 19.9 Å². The third-order valence-electron chi connectivity index (χ3n) is 6.57. The number of aliphatic hydroxyl groups excluding tert-OH is 2. The number of unbranched alkanes of at least 4 members (excludes halogenated alkanes) is 3. The van der Waals surface area contributed by atoms with Gasteiger partial charge in [0.25, 0.3) is 0 Å². The zero-order valence-electron chi connectivity index (χ0n) is 18.4. The largest absolute Gasteiger partial charge is 0.392 e. The summed E-state index contributed by atoms with van der Waals surface area (Å²) in [5.41, 5.74) is 1.60. The van der Waals surface area contributed by atoms with Crippen LogP contribution in [0.5, 0.6) is 0 Å². The van der Waals surface area contributed by atoms with E-state index in [9.17, 15) is 10.2 Å². The Kier molecular flexibility index (Phi) is 9.79. The van der Waals surface area contributed by atoms with Gasteiger partial charge in [-0.15, -0.1) is 11.8 Å². The summed E-state index contributed by atoms with van der Waals surface area (Å²) in [6.45, 7) is 5.04. The Labute approximate surface area is 172 Å². The lowest BCUT2D eigenvalue weighted by Crippen LogP contribution is -2.19. The fourth-order valence-corrected chi connectivity index (χ4v) is 4.81. The van der Waals surface area contributed by atoms with Crippen LogP contribution >= 0.6 is 0 Å².